The third kappa shape index (κ3) is 3.38. The van der Waals surface area contributed by atoms with Crippen LogP contribution >= 0.6 is 11.3 Å². The zero-order valence-corrected chi connectivity index (χ0v) is 14.5. The molecule has 6 heteroatoms. The van der Waals surface area contributed by atoms with Crippen molar-refractivity contribution in [2.24, 2.45) is 0 Å². The minimum atomic E-state index is -0.234. The van der Waals surface area contributed by atoms with Crippen molar-refractivity contribution in [3.63, 3.8) is 0 Å². The van der Waals surface area contributed by atoms with E-state index in [9.17, 15) is 4.79 Å². The molecule has 0 unspecified atom stereocenters. The molecule has 3 rings (SSSR count). The molecule has 2 heterocycles. The summed E-state index contributed by atoms with van der Waals surface area (Å²) in [6.07, 6.45) is 3.77. The molecule has 2 aromatic heterocycles. The summed E-state index contributed by atoms with van der Waals surface area (Å²) >= 11 is 1.44. The average molecular weight is 341 g/mol. The molecule has 0 atom stereocenters. The van der Waals surface area contributed by atoms with Gasteiger partial charge in [-0.3, -0.25) is 4.79 Å². The number of hydrogen-bond donors (Lipinski definition) is 0. The Balaban J connectivity index is 2.06. The van der Waals surface area contributed by atoms with E-state index in [4.69, 9.17) is 4.74 Å². The molecule has 0 aliphatic heterocycles. The van der Waals surface area contributed by atoms with Crippen molar-refractivity contribution < 1.29 is 4.74 Å². The van der Waals surface area contributed by atoms with Crippen LogP contribution in [0.5, 0.6) is 5.75 Å². The number of methoxy groups -OCH3 is 1. The van der Waals surface area contributed by atoms with Gasteiger partial charge in [0.05, 0.1) is 12.5 Å². The van der Waals surface area contributed by atoms with Crippen LogP contribution in [-0.2, 0) is 0 Å². The molecule has 0 bridgehead atoms. The highest BCUT2D eigenvalue weighted by atomic mass is 32.1. The van der Waals surface area contributed by atoms with Crippen LogP contribution in [0.1, 0.15) is 19.8 Å². The van der Waals surface area contributed by atoms with Gasteiger partial charge in [-0.2, -0.15) is 4.98 Å². The standard InChI is InChI=1S/C18H19N3O2S/c1-3-4-12-21(13-7-9-14(23-2)10-8-13)18-20-16(22)15-6-5-11-19-17(15)24-18/h5-11H,3-4,12H2,1-2H3. The smallest absolute Gasteiger partial charge is 0.282 e. The molecule has 24 heavy (non-hydrogen) atoms. The Morgan fingerprint density at radius 1 is 1.21 bits per heavy atom. The molecule has 1 aromatic carbocycles. The van der Waals surface area contributed by atoms with Gasteiger partial charge < -0.3 is 9.64 Å². The molecule has 0 N–H and O–H groups in total. The van der Waals surface area contributed by atoms with Gasteiger partial charge >= 0.3 is 0 Å². The summed E-state index contributed by atoms with van der Waals surface area (Å²) in [4.78, 5) is 23.7. The second-order valence-electron chi connectivity index (χ2n) is 5.36. The number of benzene rings is 1. The number of ether oxygens (including phenoxy) is 1. The van der Waals surface area contributed by atoms with Gasteiger partial charge in [0.2, 0.25) is 0 Å². The van der Waals surface area contributed by atoms with Crippen molar-refractivity contribution >= 4 is 32.4 Å². The highest BCUT2D eigenvalue weighted by Crippen LogP contribution is 2.30. The van der Waals surface area contributed by atoms with E-state index in [1.165, 1.54) is 11.3 Å². The highest BCUT2D eigenvalue weighted by molar-refractivity contribution is 7.21. The molecule has 0 spiro atoms. The van der Waals surface area contributed by atoms with Crippen LogP contribution in [0.4, 0.5) is 10.8 Å². The summed E-state index contributed by atoms with van der Waals surface area (Å²) in [5.41, 5.74) is 0.754. The molecule has 0 saturated carbocycles. The van der Waals surface area contributed by atoms with Crippen molar-refractivity contribution in [1.82, 2.24) is 9.97 Å². The molecule has 0 radical (unpaired) electrons. The average Bonchev–Trinajstić information content (AvgIpc) is 2.63. The molecule has 0 amide bonds. The lowest BCUT2D eigenvalue weighted by Crippen LogP contribution is -2.21. The number of rotatable bonds is 6. The topological polar surface area (TPSA) is 55.3 Å². The van der Waals surface area contributed by atoms with Crippen molar-refractivity contribution in [3.8, 4) is 5.75 Å². The van der Waals surface area contributed by atoms with Crippen molar-refractivity contribution in [2.45, 2.75) is 19.8 Å². The number of unbranched alkanes of at least 4 members (excludes halogenated alkanes) is 1. The van der Waals surface area contributed by atoms with Gasteiger partial charge in [0.25, 0.3) is 5.56 Å². The molecule has 0 fully saturated rings. The number of aromatic nitrogens is 2. The number of fused-ring (bicyclic) bond motifs is 1. The lowest BCUT2D eigenvalue weighted by atomic mass is 10.2. The van der Waals surface area contributed by atoms with Gasteiger partial charge in [-0.25, -0.2) is 4.98 Å². The number of nitrogens with zero attached hydrogens (tertiary/aromatic N) is 3. The Bertz CT molecular complexity index is 877. The summed E-state index contributed by atoms with van der Waals surface area (Å²) in [6.45, 7) is 2.94. The van der Waals surface area contributed by atoms with E-state index in [-0.39, 0.29) is 5.56 Å². The first-order chi connectivity index (χ1) is 11.7. The van der Waals surface area contributed by atoms with Crippen molar-refractivity contribution in [2.75, 3.05) is 18.6 Å². The second kappa shape index (κ2) is 7.40. The van der Waals surface area contributed by atoms with Crippen LogP contribution in [0.2, 0.25) is 0 Å². The predicted molar refractivity (Wildman–Crippen MR) is 98.6 cm³/mol. The summed E-state index contributed by atoms with van der Waals surface area (Å²) in [5, 5.41) is 1.24. The van der Waals surface area contributed by atoms with Crippen LogP contribution in [0.3, 0.4) is 0 Å². The van der Waals surface area contributed by atoms with E-state index in [1.807, 2.05) is 24.3 Å². The largest absolute Gasteiger partial charge is 0.497 e. The third-order valence-electron chi connectivity index (χ3n) is 3.74. The van der Waals surface area contributed by atoms with E-state index in [1.54, 1.807) is 25.4 Å². The fraction of sp³-hybridized carbons (Fsp3) is 0.278. The Morgan fingerprint density at radius 3 is 2.71 bits per heavy atom. The highest BCUT2D eigenvalue weighted by Gasteiger charge is 2.14. The Labute approximate surface area is 144 Å². The van der Waals surface area contributed by atoms with Gasteiger partial charge in [-0.15, -0.1) is 0 Å². The van der Waals surface area contributed by atoms with Gasteiger partial charge in [0, 0.05) is 18.4 Å². The van der Waals surface area contributed by atoms with E-state index in [0.717, 1.165) is 30.8 Å². The first kappa shape index (κ1) is 16.4. The van der Waals surface area contributed by atoms with E-state index < -0.39 is 0 Å². The number of hydrogen-bond acceptors (Lipinski definition) is 6. The first-order valence-electron chi connectivity index (χ1n) is 7.90. The normalized spacial score (nSPS) is 10.8. The number of anilines is 2. The Hall–Kier alpha value is -2.47. The van der Waals surface area contributed by atoms with Crippen molar-refractivity contribution in [3.05, 3.63) is 52.9 Å². The van der Waals surface area contributed by atoms with Crippen LogP contribution in [0, 0.1) is 0 Å². The molecule has 5 nitrogen and oxygen atoms in total. The fourth-order valence-corrected chi connectivity index (χ4v) is 3.41. The lowest BCUT2D eigenvalue weighted by Gasteiger charge is -2.23. The fourth-order valence-electron chi connectivity index (χ4n) is 2.42. The quantitative estimate of drug-likeness (QED) is 0.678. The number of pyridine rings is 1. The Kier molecular flexibility index (Phi) is 5.05. The maximum Gasteiger partial charge on any atom is 0.282 e. The van der Waals surface area contributed by atoms with Gasteiger partial charge in [-0.05, 0) is 42.8 Å². The van der Waals surface area contributed by atoms with Crippen molar-refractivity contribution in [1.29, 1.82) is 0 Å². The minimum absolute atomic E-state index is 0.234. The zero-order valence-electron chi connectivity index (χ0n) is 13.7. The maximum absolute atomic E-state index is 12.3. The molecular formula is C18H19N3O2S. The lowest BCUT2D eigenvalue weighted by molar-refractivity contribution is 0.415. The molecule has 0 saturated heterocycles. The third-order valence-corrected chi connectivity index (χ3v) is 4.75. The van der Waals surface area contributed by atoms with Crippen LogP contribution in [0.15, 0.2) is 47.4 Å². The SMILES string of the molecule is CCCCN(c1ccc(OC)cc1)c1nc(=O)c2cccnc2s1. The Morgan fingerprint density at radius 2 is 2.00 bits per heavy atom. The molecular weight excluding hydrogens is 322 g/mol. The summed E-state index contributed by atoms with van der Waals surface area (Å²) < 4.78 is 5.22. The summed E-state index contributed by atoms with van der Waals surface area (Å²) in [6, 6.07) is 11.3. The van der Waals surface area contributed by atoms with Gasteiger partial charge in [0.15, 0.2) is 5.13 Å². The molecule has 124 valence electrons. The molecule has 0 aliphatic rings. The predicted octanol–water partition coefficient (Wildman–Crippen LogP) is 4.00. The van der Waals surface area contributed by atoms with E-state index >= 15 is 0 Å². The van der Waals surface area contributed by atoms with Crippen LogP contribution in [-0.4, -0.2) is 23.6 Å². The van der Waals surface area contributed by atoms with Gasteiger partial charge in [0.1, 0.15) is 10.6 Å². The maximum atomic E-state index is 12.3. The molecule has 0 aliphatic carbocycles. The van der Waals surface area contributed by atoms with E-state index in [2.05, 4.69) is 21.8 Å². The molecule has 3 aromatic rings. The van der Waals surface area contributed by atoms with E-state index in [0.29, 0.717) is 15.3 Å². The minimum Gasteiger partial charge on any atom is -0.497 e. The first-order valence-corrected chi connectivity index (χ1v) is 8.72. The van der Waals surface area contributed by atoms with Crippen LogP contribution < -0.4 is 15.2 Å². The monoisotopic (exact) mass is 341 g/mol. The summed E-state index contributed by atoms with van der Waals surface area (Å²) in [7, 11) is 1.65. The van der Waals surface area contributed by atoms with Gasteiger partial charge in [-0.1, -0.05) is 24.7 Å². The second-order valence-corrected chi connectivity index (χ2v) is 6.32. The van der Waals surface area contributed by atoms with Crippen LogP contribution in [0.25, 0.3) is 10.2 Å². The summed E-state index contributed by atoms with van der Waals surface area (Å²) in [5.74, 6) is 0.801. The zero-order chi connectivity index (χ0) is 16.9.